The highest BCUT2D eigenvalue weighted by Crippen LogP contribution is 2.30. The second kappa shape index (κ2) is 7.30. The predicted molar refractivity (Wildman–Crippen MR) is 102 cm³/mol. The van der Waals surface area contributed by atoms with Gasteiger partial charge in [0.1, 0.15) is 17.9 Å². The standard InChI is InChI=1S/C20H21N3O5/c1-13-5-4-6-14(2)17(13)28-12-11-22-18(24)20(3,21-19(22)25)15-7-9-16(10-8-15)23(26)27/h4-10H,11-12H2,1-3H3,(H,21,25)/t20-/m1/s1. The van der Waals surface area contributed by atoms with E-state index in [0.29, 0.717) is 5.56 Å². The minimum absolute atomic E-state index is 0.0806. The van der Waals surface area contributed by atoms with Crippen LogP contribution < -0.4 is 10.1 Å². The van der Waals surface area contributed by atoms with Gasteiger partial charge in [0, 0.05) is 12.1 Å². The molecule has 0 spiro atoms. The number of nitro groups is 1. The Morgan fingerprint density at radius 3 is 2.29 bits per heavy atom. The van der Waals surface area contributed by atoms with Crippen molar-refractivity contribution in [1.82, 2.24) is 10.2 Å². The lowest BCUT2D eigenvalue weighted by atomic mass is 9.92. The first-order valence-electron chi connectivity index (χ1n) is 8.82. The number of ether oxygens (including phenoxy) is 1. The molecule has 1 heterocycles. The number of hydrogen-bond acceptors (Lipinski definition) is 5. The number of aryl methyl sites for hydroxylation is 2. The molecule has 0 unspecified atom stereocenters. The lowest BCUT2D eigenvalue weighted by molar-refractivity contribution is -0.384. The van der Waals surface area contributed by atoms with E-state index in [-0.39, 0.29) is 18.8 Å². The summed E-state index contributed by atoms with van der Waals surface area (Å²) in [6.45, 7) is 5.71. The number of rotatable bonds is 6. The molecule has 2 aromatic rings. The highest BCUT2D eigenvalue weighted by Gasteiger charge is 2.48. The summed E-state index contributed by atoms with van der Waals surface area (Å²) in [6.07, 6.45) is 0. The van der Waals surface area contributed by atoms with E-state index in [9.17, 15) is 19.7 Å². The number of nitro benzene ring substituents is 1. The molecular weight excluding hydrogens is 362 g/mol. The maximum Gasteiger partial charge on any atom is 0.325 e. The fourth-order valence-electron chi connectivity index (χ4n) is 3.28. The number of non-ortho nitro benzene ring substituents is 1. The van der Waals surface area contributed by atoms with Gasteiger partial charge in [-0.1, -0.05) is 18.2 Å². The third-order valence-corrected chi connectivity index (χ3v) is 4.90. The van der Waals surface area contributed by atoms with Crippen molar-refractivity contribution in [2.75, 3.05) is 13.2 Å². The van der Waals surface area contributed by atoms with Crippen molar-refractivity contribution in [3.63, 3.8) is 0 Å². The number of carbonyl (C=O) groups is 2. The fourth-order valence-corrected chi connectivity index (χ4v) is 3.28. The Morgan fingerprint density at radius 1 is 1.11 bits per heavy atom. The zero-order chi connectivity index (χ0) is 20.5. The maximum absolute atomic E-state index is 12.9. The molecule has 1 saturated heterocycles. The lowest BCUT2D eigenvalue weighted by Gasteiger charge is -2.22. The summed E-state index contributed by atoms with van der Waals surface area (Å²) in [5.74, 6) is 0.323. The third kappa shape index (κ3) is 3.40. The number of benzene rings is 2. The van der Waals surface area contributed by atoms with Gasteiger partial charge < -0.3 is 10.1 Å². The van der Waals surface area contributed by atoms with Crippen LogP contribution in [0.1, 0.15) is 23.6 Å². The molecule has 1 aliphatic rings. The molecule has 2 aromatic carbocycles. The first-order valence-corrected chi connectivity index (χ1v) is 8.82. The molecule has 0 aliphatic carbocycles. The van der Waals surface area contributed by atoms with Crippen LogP contribution in [0, 0.1) is 24.0 Å². The van der Waals surface area contributed by atoms with E-state index in [0.717, 1.165) is 21.8 Å². The van der Waals surface area contributed by atoms with E-state index in [1.165, 1.54) is 24.3 Å². The molecule has 28 heavy (non-hydrogen) atoms. The summed E-state index contributed by atoms with van der Waals surface area (Å²) in [6, 6.07) is 10.9. The Kier molecular flexibility index (Phi) is 5.04. The molecule has 1 atom stereocenters. The summed E-state index contributed by atoms with van der Waals surface area (Å²) in [4.78, 5) is 36.6. The molecule has 0 radical (unpaired) electrons. The molecule has 0 aromatic heterocycles. The van der Waals surface area contributed by atoms with E-state index >= 15 is 0 Å². The van der Waals surface area contributed by atoms with Crippen LogP contribution in [0.5, 0.6) is 5.75 Å². The first-order chi connectivity index (χ1) is 13.2. The van der Waals surface area contributed by atoms with Crippen LogP contribution in [-0.2, 0) is 10.3 Å². The topological polar surface area (TPSA) is 102 Å². The van der Waals surface area contributed by atoms with Gasteiger partial charge in [0.25, 0.3) is 11.6 Å². The predicted octanol–water partition coefficient (Wildman–Crippen LogP) is 3.06. The average molecular weight is 383 g/mol. The van der Waals surface area contributed by atoms with Crippen molar-refractivity contribution in [2.24, 2.45) is 0 Å². The van der Waals surface area contributed by atoms with Crippen LogP contribution in [0.3, 0.4) is 0 Å². The number of urea groups is 1. The largest absolute Gasteiger partial charge is 0.491 e. The average Bonchev–Trinajstić information content (AvgIpc) is 2.88. The summed E-state index contributed by atoms with van der Waals surface area (Å²) in [5.41, 5.74) is 1.09. The van der Waals surface area contributed by atoms with Crippen molar-refractivity contribution in [2.45, 2.75) is 26.3 Å². The molecule has 8 nitrogen and oxygen atoms in total. The number of amides is 3. The van der Waals surface area contributed by atoms with Gasteiger partial charge in [-0.15, -0.1) is 0 Å². The monoisotopic (exact) mass is 383 g/mol. The zero-order valence-corrected chi connectivity index (χ0v) is 15.9. The van der Waals surface area contributed by atoms with Crippen molar-refractivity contribution < 1.29 is 19.2 Å². The van der Waals surface area contributed by atoms with Crippen LogP contribution in [0.25, 0.3) is 0 Å². The molecular formula is C20H21N3O5. The summed E-state index contributed by atoms with van der Waals surface area (Å²) < 4.78 is 5.79. The third-order valence-electron chi connectivity index (χ3n) is 4.90. The number of para-hydroxylation sites is 1. The van der Waals surface area contributed by atoms with Crippen molar-refractivity contribution >= 4 is 17.6 Å². The van der Waals surface area contributed by atoms with Crippen LogP contribution >= 0.6 is 0 Å². The van der Waals surface area contributed by atoms with Gasteiger partial charge in [0.2, 0.25) is 0 Å². The lowest BCUT2D eigenvalue weighted by Crippen LogP contribution is -2.41. The normalized spacial score (nSPS) is 18.9. The molecule has 0 bridgehead atoms. The molecule has 0 saturated carbocycles. The van der Waals surface area contributed by atoms with Crippen molar-refractivity contribution in [1.29, 1.82) is 0 Å². The van der Waals surface area contributed by atoms with Crippen LogP contribution in [0.2, 0.25) is 0 Å². The van der Waals surface area contributed by atoms with Crippen molar-refractivity contribution in [3.05, 3.63) is 69.3 Å². The highest BCUT2D eigenvalue weighted by molar-refractivity contribution is 6.07. The molecule has 1 fully saturated rings. The smallest absolute Gasteiger partial charge is 0.325 e. The van der Waals surface area contributed by atoms with E-state index in [1.54, 1.807) is 6.92 Å². The second-order valence-corrected chi connectivity index (χ2v) is 6.89. The van der Waals surface area contributed by atoms with Gasteiger partial charge in [-0.2, -0.15) is 0 Å². The Labute approximate surface area is 162 Å². The highest BCUT2D eigenvalue weighted by atomic mass is 16.6. The molecule has 1 N–H and O–H groups in total. The van der Waals surface area contributed by atoms with Gasteiger partial charge in [0.05, 0.1) is 11.5 Å². The number of nitrogens with one attached hydrogen (secondary N) is 1. The summed E-state index contributed by atoms with van der Waals surface area (Å²) in [5, 5.41) is 13.5. The fraction of sp³-hybridized carbons (Fsp3) is 0.300. The van der Waals surface area contributed by atoms with Gasteiger partial charge in [-0.05, 0) is 49.6 Å². The van der Waals surface area contributed by atoms with Crippen LogP contribution in [0.15, 0.2) is 42.5 Å². The quantitative estimate of drug-likeness (QED) is 0.469. The van der Waals surface area contributed by atoms with Crippen LogP contribution in [-0.4, -0.2) is 34.9 Å². The Hall–Kier alpha value is -3.42. The number of carbonyl (C=O) groups excluding carboxylic acids is 2. The Morgan fingerprint density at radius 2 is 1.71 bits per heavy atom. The number of nitrogens with zero attached hydrogens (tertiary/aromatic N) is 2. The van der Waals surface area contributed by atoms with E-state index < -0.39 is 22.4 Å². The van der Waals surface area contributed by atoms with Gasteiger partial charge >= 0.3 is 6.03 Å². The Balaban J connectivity index is 1.71. The molecule has 8 heteroatoms. The molecule has 3 amide bonds. The minimum atomic E-state index is -1.27. The molecule has 146 valence electrons. The SMILES string of the molecule is Cc1cccc(C)c1OCCN1C(=O)N[C@](C)(c2ccc([N+](=O)[O-])cc2)C1=O. The first kappa shape index (κ1) is 19.3. The van der Waals surface area contributed by atoms with E-state index in [1.807, 2.05) is 32.0 Å². The summed E-state index contributed by atoms with van der Waals surface area (Å²) in [7, 11) is 0. The minimum Gasteiger partial charge on any atom is -0.491 e. The second-order valence-electron chi connectivity index (χ2n) is 6.89. The van der Waals surface area contributed by atoms with Gasteiger partial charge in [-0.25, -0.2) is 4.79 Å². The van der Waals surface area contributed by atoms with Crippen molar-refractivity contribution in [3.8, 4) is 5.75 Å². The zero-order valence-electron chi connectivity index (χ0n) is 15.9. The summed E-state index contributed by atoms with van der Waals surface area (Å²) >= 11 is 0. The number of imide groups is 1. The molecule has 1 aliphatic heterocycles. The van der Waals surface area contributed by atoms with E-state index in [4.69, 9.17) is 4.74 Å². The van der Waals surface area contributed by atoms with E-state index in [2.05, 4.69) is 5.32 Å². The number of hydrogen-bond donors (Lipinski definition) is 1. The van der Waals surface area contributed by atoms with Crippen LogP contribution in [0.4, 0.5) is 10.5 Å². The van der Waals surface area contributed by atoms with Gasteiger partial charge in [-0.3, -0.25) is 19.8 Å². The molecule has 3 rings (SSSR count). The maximum atomic E-state index is 12.9. The van der Waals surface area contributed by atoms with Gasteiger partial charge in [0.15, 0.2) is 0 Å². The Bertz CT molecular complexity index is 921.